The topological polar surface area (TPSA) is 6.48 Å². The van der Waals surface area contributed by atoms with Crippen LogP contribution in [0.2, 0.25) is 0 Å². The summed E-state index contributed by atoms with van der Waals surface area (Å²) in [4.78, 5) is 5.56. The highest BCUT2D eigenvalue weighted by atomic mass is 15.2. The minimum Gasteiger partial charge on any atom is -0.309 e. The normalized spacial score (nSPS) is 11.6. The zero-order chi connectivity index (χ0) is 60.3. The summed E-state index contributed by atoms with van der Waals surface area (Å²) in [5.41, 5.74) is 22.0. The first kappa shape index (κ1) is 65.8. The van der Waals surface area contributed by atoms with E-state index in [0.717, 1.165) is 51.4 Å². The third-order valence-electron chi connectivity index (χ3n) is 18.3. The molecule has 2 nitrogen and oxygen atoms in total. The lowest BCUT2D eigenvalue weighted by molar-refractivity contribution is 0.661. The van der Waals surface area contributed by atoms with Crippen molar-refractivity contribution >= 4 is 55.7 Å². The maximum absolute atomic E-state index is 2.78. The molecule has 0 saturated heterocycles. The summed E-state index contributed by atoms with van der Waals surface area (Å²) < 4.78 is 0. The zero-order valence-electron chi connectivity index (χ0n) is 55.4. The van der Waals surface area contributed by atoms with Gasteiger partial charge in [-0.25, -0.2) is 0 Å². The number of fused-ring (bicyclic) bond motifs is 2. The average Bonchev–Trinajstić information content (AvgIpc) is 0.783. The molecule has 0 N–H and O–H groups in total. The SMILES string of the molecule is CCCCCCc1cc(CCCCCC)cc(N(c2cc(CCCC)cc(CCCC)c2)c2c3ccccc3c(N(c3cc(CCCC)cc(CCCC)c3)c3cc(CCCCCC)cc(CCCCCC)c3)c3cc(-c4ccccc4)ccc23)c1. The summed E-state index contributed by atoms with van der Waals surface area (Å²) in [6.45, 7) is 18.8. The van der Waals surface area contributed by atoms with E-state index >= 15 is 0 Å². The van der Waals surface area contributed by atoms with Gasteiger partial charge in [-0.15, -0.1) is 0 Å². The van der Waals surface area contributed by atoms with Crippen molar-refractivity contribution in [3.8, 4) is 11.1 Å². The predicted molar refractivity (Wildman–Crippen MR) is 382 cm³/mol. The molecular formula is C84H112N2. The summed E-state index contributed by atoms with van der Waals surface area (Å²) in [7, 11) is 0. The number of hydrogen-bond donors (Lipinski definition) is 0. The number of unbranched alkanes of at least 4 members (excludes halogenated alkanes) is 16. The van der Waals surface area contributed by atoms with E-state index in [2.05, 4.69) is 211 Å². The Morgan fingerprint density at radius 1 is 0.209 bits per heavy atom. The molecule has 86 heavy (non-hydrogen) atoms. The molecule has 0 aliphatic carbocycles. The third-order valence-corrected chi connectivity index (χ3v) is 18.3. The van der Waals surface area contributed by atoms with Crippen molar-refractivity contribution in [3.63, 3.8) is 0 Å². The van der Waals surface area contributed by atoms with Crippen molar-refractivity contribution in [2.24, 2.45) is 0 Å². The van der Waals surface area contributed by atoms with Crippen LogP contribution in [0.5, 0.6) is 0 Å². The number of anilines is 6. The van der Waals surface area contributed by atoms with Gasteiger partial charge in [0, 0.05) is 44.3 Å². The van der Waals surface area contributed by atoms with Crippen molar-refractivity contribution < 1.29 is 0 Å². The van der Waals surface area contributed by atoms with Crippen LogP contribution in [0.25, 0.3) is 32.7 Å². The highest BCUT2D eigenvalue weighted by molar-refractivity contribution is 6.24. The van der Waals surface area contributed by atoms with Gasteiger partial charge in [-0.3, -0.25) is 0 Å². The molecule has 0 aliphatic heterocycles. The highest BCUT2D eigenvalue weighted by Gasteiger charge is 2.28. The van der Waals surface area contributed by atoms with Crippen molar-refractivity contribution in [2.75, 3.05) is 9.80 Å². The molecule has 8 aromatic rings. The molecule has 0 unspecified atom stereocenters. The van der Waals surface area contributed by atoms with Crippen molar-refractivity contribution in [2.45, 2.75) is 261 Å². The summed E-state index contributed by atoms with van der Waals surface area (Å²) in [5.74, 6) is 0. The minimum atomic E-state index is 1.08. The van der Waals surface area contributed by atoms with E-state index in [0.29, 0.717) is 0 Å². The Hall–Kier alpha value is -6.12. The van der Waals surface area contributed by atoms with E-state index in [4.69, 9.17) is 0 Å². The standard InChI is InChI=1S/C84H112N2/c1-9-17-25-30-42-69-54-70(43-31-26-18-10-2)61-76(60-69)85(75-56-65(38-21-13-5)52-66(57-75)39-22-14-6)83-79-48-36-37-49-80(79)84(82-64-74(50-51-81(82)83)73-46-34-29-35-47-73)86(77-58-67(40-23-15-7)53-68(59-77)41-24-16-8)78-62-71(44-32-27-19-11-3)55-72(63-78)45-33-28-20-12-4/h29,34-37,46-64H,9-28,30-33,38-45H2,1-8H3. The van der Waals surface area contributed by atoms with Crippen LogP contribution in [0.15, 0.2) is 146 Å². The quantitative estimate of drug-likeness (QED) is 0.0215. The Bertz CT molecular complexity index is 3170. The van der Waals surface area contributed by atoms with Crippen molar-refractivity contribution in [1.82, 2.24) is 0 Å². The fraction of sp³-hybridized carbons (Fsp3) is 0.476. The van der Waals surface area contributed by atoms with Gasteiger partial charge in [0.25, 0.3) is 0 Å². The second-order valence-corrected chi connectivity index (χ2v) is 25.7. The number of benzene rings is 8. The lowest BCUT2D eigenvalue weighted by Gasteiger charge is -2.34. The van der Waals surface area contributed by atoms with Gasteiger partial charge in [-0.1, -0.05) is 249 Å². The highest BCUT2D eigenvalue weighted by Crippen LogP contribution is 2.53. The molecule has 0 amide bonds. The van der Waals surface area contributed by atoms with Crippen molar-refractivity contribution in [3.05, 3.63) is 190 Å². The van der Waals surface area contributed by atoms with Crippen LogP contribution < -0.4 is 9.80 Å². The molecule has 8 rings (SSSR count). The number of hydrogen-bond acceptors (Lipinski definition) is 2. The first-order valence-electron chi connectivity index (χ1n) is 35.5. The molecule has 8 aromatic carbocycles. The zero-order valence-corrected chi connectivity index (χ0v) is 55.4. The molecule has 458 valence electrons. The Balaban J connectivity index is 1.53. The summed E-state index contributed by atoms with van der Waals surface area (Å²) >= 11 is 0. The van der Waals surface area contributed by atoms with Gasteiger partial charge in [-0.05, 0) is 213 Å². The number of rotatable bonds is 39. The maximum Gasteiger partial charge on any atom is 0.0620 e. The Morgan fingerprint density at radius 3 is 0.779 bits per heavy atom. The largest absolute Gasteiger partial charge is 0.309 e. The molecule has 0 bridgehead atoms. The molecule has 0 heterocycles. The molecule has 0 aliphatic rings. The number of aryl methyl sites for hydroxylation is 8. The summed E-state index contributed by atoms with van der Waals surface area (Å²) in [6, 6.07) is 59.5. The third kappa shape index (κ3) is 18.5. The van der Waals surface area contributed by atoms with Crippen LogP contribution in [-0.2, 0) is 51.4 Å². The predicted octanol–water partition coefficient (Wildman–Crippen LogP) is 26.5. The van der Waals surface area contributed by atoms with Crippen LogP contribution in [0.3, 0.4) is 0 Å². The molecule has 0 radical (unpaired) electrons. The van der Waals surface area contributed by atoms with Gasteiger partial charge in [0.15, 0.2) is 0 Å². The first-order chi connectivity index (χ1) is 42.3. The Kier molecular flexibility index (Phi) is 27.3. The molecule has 0 spiro atoms. The summed E-state index contributed by atoms with van der Waals surface area (Å²) in [5, 5.41) is 5.17. The van der Waals surface area contributed by atoms with Gasteiger partial charge in [-0.2, -0.15) is 0 Å². The van der Waals surface area contributed by atoms with E-state index in [9.17, 15) is 0 Å². The second-order valence-electron chi connectivity index (χ2n) is 25.7. The second kappa shape index (κ2) is 35.6. The molecular weight excluding hydrogens is 1040 g/mol. The van der Waals surface area contributed by atoms with E-state index in [1.807, 2.05) is 0 Å². The lowest BCUT2D eigenvalue weighted by Crippen LogP contribution is -2.16. The Labute approximate surface area is 524 Å². The minimum absolute atomic E-state index is 1.08. The summed E-state index contributed by atoms with van der Waals surface area (Å²) in [6.07, 6.45) is 38.4. The van der Waals surface area contributed by atoms with E-state index in [1.54, 1.807) is 0 Å². The first-order valence-corrected chi connectivity index (χ1v) is 35.5. The monoisotopic (exact) mass is 1150 g/mol. The van der Waals surface area contributed by atoms with Crippen LogP contribution in [0, 0.1) is 0 Å². The molecule has 0 aromatic heterocycles. The van der Waals surface area contributed by atoms with Gasteiger partial charge in [0.1, 0.15) is 0 Å². The molecule has 0 saturated carbocycles. The fourth-order valence-corrected chi connectivity index (χ4v) is 13.4. The van der Waals surface area contributed by atoms with Crippen molar-refractivity contribution in [1.29, 1.82) is 0 Å². The van der Waals surface area contributed by atoms with E-state index in [1.165, 1.54) is 265 Å². The lowest BCUT2D eigenvalue weighted by atomic mass is 9.91. The van der Waals surface area contributed by atoms with Gasteiger partial charge < -0.3 is 9.80 Å². The molecule has 0 atom stereocenters. The number of nitrogens with zero attached hydrogens (tertiary/aromatic N) is 2. The molecule has 2 heteroatoms. The van der Waals surface area contributed by atoms with Gasteiger partial charge in [0.2, 0.25) is 0 Å². The average molecular weight is 1150 g/mol. The van der Waals surface area contributed by atoms with Gasteiger partial charge in [0.05, 0.1) is 11.4 Å². The fourth-order valence-electron chi connectivity index (χ4n) is 13.4. The van der Waals surface area contributed by atoms with E-state index < -0.39 is 0 Å². The van der Waals surface area contributed by atoms with Crippen LogP contribution >= 0.6 is 0 Å². The molecule has 0 fully saturated rings. The van der Waals surface area contributed by atoms with E-state index in [-0.39, 0.29) is 0 Å². The van der Waals surface area contributed by atoms with Gasteiger partial charge >= 0.3 is 0 Å². The maximum atomic E-state index is 2.78. The van der Waals surface area contributed by atoms with Crippen LogP contribution in [0.4, 0.5) is 34.1 Å². The Morgan fingerprint density at radius 2 is 0.477 bits per heavy atom. The smallest absolute Gasteiger partial charge is 0.0620 e. The van der Waals surface area contributed by atoms with Crippen LogP contribution in [-0.4, -0.2) is 0 Å². The van der Waals surface area contributed by atoms with Crippen LogP contribution in [0.1, 0.15) is 254 Å².